The maximum Gasteiger partial charge on any atom is 0.321 e. The molecule has 3 aromatic carbocycles. The van der Waals surface area contributed by atoms with Gasteiger partial charge in [-0.05, 0) is 22.9 Å². The largest absolute Gasteiger partial charge is 0.456 e. The molecule has 1 N–H and O–H groups in total. The van der Waals surface area contributed by atoms with E-state index in [0.717, 1.165) is 10.8 Å². The fourth-order valence-electron chi connectivity index (χ4n) is 2.58. The van der Waals surface area contributed by atoms with Gasteiger partial charge in [-0.2, -0.15) is 4.72 Å². The molecule has 0 radical (unpaired) electrons. The number of benzene rings is 3. The van der Waals surface area contributed by atoms with Crippen molar-refractivity contribution in [1.82, 2.24) is 4.72 Å². The lowest BCUT2D eigenvalue weighted by Gasteiger charge is -2.08. The Bertz CT molecular complexity index is 1070. The van der Waals surface area contributed by atoms with Crippen LogP contribution in [0, 0.1) is 0 Å². The van der Waals surface area contributed by atoms with Crippen LogP contribution in [0.5, 0.6) is 0 Å². The third kappa shape index (κ3) is 4.58. The van der Waals surface area contributed by atoms with Crippen molar-refractivity contribution in [3.8, 4) is 0 Å². The van der Waals surface area contributed by atoms with E-state index in [1.165, 1.54) is 12.1 Å². The van der Waals surface area contributed by atoms with Gasteiger partial charge in [-0.25, -0.2) is 8.42 Å². The van der Waals surface area contributed by atoms with Crippen LogP contribution in [0.4, 0.5) is 0 Å². The number of carbonyl (C=O) groups is 2. The van der Waals surface area contributed by atoms with Crippen LogP contribution in [-0.2, 0) is 19.6 Å². The summed E-state index contributed by atoms with van der Waals surface area (Å²) in [6.45, 7) is -1.01. The maximum absolute atomic E-state index is 12.4. The van der Waals surface area contributed by atoms with Crippen molar-refractivity contribution >= 4 is 32.5 Å². The van der Waals surface area contributed by atoms with E-state index in [1.54, 1.807) is 30.3 Å². The molecule has 0 saturated heterocycles. The zero-order valence-corrected chi connectivity index (χ0v) is 15.1. The summed E-state index contributed by atoms with van der Waals surface area (Å²) in [6, 6.07) is 20.4. The lowest BCUT2D eigenvalue weighted by Crippen LogP contribution is -2.31. The number of ketones is 1. The number of rotatable bonds is 7. The summed E-state index contributed by atoms with van der Waals surface area (Å²) < 4.78 is 31.2. The monoisotopic (exact) mass is 383 g/mol. The molecule has 0 unspecified atom stereocenters. The Labute approximate surface area is 156 Å². The Morgan fingerprint density at radius 1 is 0.852 bits per heavy atom. The van der Waals surface area contributed by atoms with Crippen LogP contribution in [0.2, 0.25) is 0 Å². The number of fused-ring (bicyclic) bond motifs is 1. The molecule has 0 heterocycles. The molecule has 0 aliphatic heterocycles. The molecule has 0 aromatic heterocycles. The van der Waals surface area contributed by atoms with Crippen LogP contribution in [-0.4, -0.2) is 33.3 Å². The summed E-state index contributed by atoms with van der Waals surface area (Å²) >= 11 is 0. The lowest BCUT2D eigenvalue weighted by atomic mass is 10.0. The van der Waals surface area contributed by atoms with E-state index >= 15 is 0 Å². The van der Waals surface area contributed by atoms with Crippen molar-refractivity contribution in [2.75, 3.05) is 13.2 Å². The Morgan fingerprint density at radius 2 is 1.52 bits per heavy atom. The zero-order valence-electron chi connectivity index (χ0n) is 14.3. The van der Waals surface area contributed by atoms with E-state index in [-0.39, 0.29) is 10.7 Å². The molecule has 6 nitrogen and oxygen atoms in total. The number of hydrogen-bond acceptors (Lipinski definition) is 5. The van der Waals surface area contributed by atoms with E-state index in [2.05, 4.69) is 4.72 Å². The van der Waals surface area contributed by atoms with Crippen molar-refractivity contribution in [2.24, 2.45) is 0 Å². The van der Waals surface area contributed by atoms with E-state index in [0.29, 0.717) is 5.56 Å². The highest BCUT2D eigenvalue weighted by Gasteiger charge is 2.17. The molecule has 0 aliphatic rings. The average Bonchev–Trinajstić information content (AvgIpc) is 2.70. The fourth-order valence-corrected chi connectivity index (χ4v) is 3.57. The van der Waals surface area contributed by atoms with E-state index in [1.807, 2.05) is 30.3 Å². The average molecular weight is 383 g/mol. The Kier molecular flexibility index (Phi) is 5.63. The van der Waals surface area contributed by atoms with Gasteiger partial charge < -0.3 is 4.74 Å². The van der Waals surface area contributed by atoms with E-state index in [9.17, 15) is 18.0 Å². The van der Waals surface area contributed by atoms with Gasteiger partial charge in [-0.15, -0.1) is 0 Å². The minimum atomic E-state index is -3.81. The minimum absolute atomic E-state index is 0.0460. The first-order valence-corrected chi connectivity index (χ1v) is 9.67. The quantitative estimate of drug-likeness (QED) is 0.500. The molecule has 7 heteroatoms. The van der Waals surface area contributed by atoms with Crippen molar-refractivity contribution < 1.29 is 22.7 Å². The molecule has 138 valence electrons. The van der Waals surface area contributed by atoms with Gasteiger partial charge in [-0.1, -0.05) is 60.7 Å². The first-order valence-electron chi connectivity index (χ1n) is 8.19. The minimum Gasteiger partial charge on any atom is -0.456 e. The molecule has 3 rings (SSSR count). The number of esters is 1. The number of carbonyl (C=O) groups excluding carboxylic acids is 2. The van der Waals surface area contributed by atoms with Crippen LogP contribution >= 0.6 is 0 Å². The van der Waals surface area contributed by atoms with Crippen molar-refractivity contribution in [3.05, 3.63) is 78.4 Å². The molecular formula is C20H17NO5S. The van der Waals surface area contributed by atoms with Gasteiger partial charge in [0, 0.05) is 5.56 Å². The second-order valence-electron chi connectivity index (χ2n) is 5.75. The first-order chi connectivity index (χ1) is 13.0. The summed E-state index contributed by atoms with van der Waals surface area (Å²) in [4.78, 5) is 24.2. The highest BCUT2D eigenvalue weighted by molar-refractivity contribution is 7.89. The predicted octanol–water partition coefficient (Wildman–Crippen LogP) is 2.54. The van der Waals surface area contributed by atoms with Gasteiger partial charge in [0.2, 0.25) is 15.8 Å². The molecule has 0 bridgehead atoms. The number of sulfonamides is 1. The van der Waals surface area contributed by atoms with Gasteiger partial charge in [0.05, 0.1) is 4.90 Å². The SMILES string of the molecule is O=C(CNS(=O)(=O)c1ccccc1)OCC(=O)c1cccc2ccccc12. The Balaban J connectivity index is 1.58. The predicted molar refractivity (Wildman–Crippen MR) is 101 cm³/mol. The van der Waals surface area contributed by atoms with Crippen molar-refractivity contribution in [2.45, 2.75) is 4.90 Å². The second kappa shape index (κ2) is 8.11. The van der Waals surface area contributed by atoms with Crippen LogP contribution in [0.15, 0.2) is 77.7 Å². The van der Waals surface area contributed by atoms with E-state index < -0.39 is 29.1 Å². The van der Waals surface area contributed by atoms with Crippen LogP contribution in [0.25, 0.3) is 10.8 Å². The van der Waals surface area contributed by atoms with Gasteiger partial charge in [0.15, 0.2) is 6.61 Å². The number of ether oxygens (including phenoxy) is 1. The standard InChI is InChI=1S/C20H17NO5S/c22-19(18-12-6-8-15-7-4-5-11-17(15)18)14-26-20(23)13-21-27(24,25)16-9-2-1-3-10-16/h1-12,21H,13-14H2. The smallest absolute Gasteiger partial charge is 0.321 e. The highest BCUT2D eigenvalue weighted by Crippen LogP contribution is 2.19. The molecule has 0 spiro atoms. The molecular weight excluding hydrogens is 366 g/mol. The lowest BCUT2D eigenvalue weighted by molar-refractivity contribution is -0.141. The topological polar surface area (TPSA) is 89.5 Å². The van der Waals surface area contributed by atoms with Gasteiger partial charge in [0.1, 0.15) is 6.54 Å². The normalized spacial score (nSPS) is 11.3. The third-order valence-electron chi connectivity index (χ3n) is 3.91. The third-order valence-corrected chi connectivity index (χ3v) is 5.33. The molecule has 3 aromatic rings. The summed E-state index contributed by atoms with van der Waals surface area (Å²) in [7, 11) is -3.81. The Morgan fingerprint density at radius 3 is 2.30 bits per heavy atom. The highest BCUT2D eigenvalue weighted by atomic mass is 32.2. The molecule has 0 fully saturated rings. The first kappa shape index (κ1) is 18.8. The molecule has 0 saturated carbocycles. The van der Waals surface area contributed by atoms with Crippen LogP contribution in [0.1, 0.15) is 10.4 Å². The molecule has 0 aliphatic carbocycles. The van der Waals surface area contributed by atoms with E-state index in [4.69, 9.17) is 4.74 Å². The summed E-state index contributed by atoms with van der Waals surface area (Å²) in [6.07, 6.45) is 0. The van der Waals surface area contributed by atoms with Gasteiger partial charge in [-0.3, -0.25) is 9.59 Å². The van der Waals surface area contributed by atoms with Crippen molar-refractivity contribution in [3.63, 3.8) is 0 Å². The number of Topliss-reactive ketones (excluding diaryl/α,β-unsaturated/α-hetero) is 1. The Hall–Kier alpha value is -3.03. The molecule has 0 amide bonds. The summed E-state index contributed by atoms with van der Waals surface area (Å²) in [5.74, 6) is -1.19. The van der Waals surface area contributed by atoms with Gasteiger partial charge >= 0.3 is 5.97 Å². The summed E-state index contributed by atoms with van der Waals surface area (Å²) in [5.41, 5.74) is 0.450. The zero-order chi connectivity index (χ0) is 19.3. The maximum atomic E-state index is 12.4. The molecule has 0 atom stereocenters. The summed E-state index contributed by atoms with van der Waals surface area (Å²) in [5, 5.41) is 1.68. The number of hydrogen-bond donors (Lipinski definition) is 1. The fraction of sp³-hybridized carbons (Fsp3) is 0.100. The van der Waals surface area contributed by atoms with Crippen molar-refractivity contribution in [1.29, 1.82) is 0 Å². The number of nitrogens with one attached hydrogen (secondary N) is 1. The molecule has 27 heavy (non-hydrogen) atoms. The van der Waals surface area contributed by atoms with Crippen LogP contribution in [0.3, 0.4) is 0 Å². The second-order valence-corrected chi connectivity index (χ2v) is 7.52. The van der Waals surface area contributed by atoms with Gasteiger partial charge in [0.25, 0.3) is 0 Å². The van der Waals surface area contributed by atoms with Crippen LogP contribution < -0.4 is 4.72 Å².